The maximum atomic E-state index is 4.22. The van der Waals surface area contributed by atoms with Crippen molar-refractivity contribution >= 4 is 16.9 Å². The highest BCUT2D eigenvalue weighted by atomic mass is 32.1. The van der Waals surface area contributed by atoms with Gasteiger partial charge < -0.3 is 0 Å². The Morgan fingerprint density at radius 1 is 1.29 bits per heavy atom. The van der Waals surface area contributed by atoms with Crippen molar-refractivity contribution in [3.05, 3.63) is 58.6 Å². The SMILES string of the molecule is C=C(c1ccccc1)c1scnc1C. The van der Waals surface area contributed by atoms with Crippen LogP contribution >= 0.6 is 11.3 Å². The van der Waals surface area contributed by atoms with Crippen molar-refractivity contribution in [3.8, 4) is 0 Å². The van der Waals surface area contributed by atoms with Gasteiger partial charge in [-0.1, -0.05) is 36.9 Å². The Hall–Kier alpha value is -1.41. The first-order chi connectivity index (χ1) is 6.79. The Morgan fingerprint density at radius 2 is 2.00 bits per heavy atom. The molecule has 2 rings (SSSR count). The molecule has 14 heavy (non-hydrogen) atoms. The van der Waals surface area contributed by atoms with Crippen molar-refractivity contribution in [2.75, 3.05) is 0 Å². The van der Waals surface area contributed by atoms with E-state index in [1.54, 1.807) is 11.3 Å². The summed E-state index contributed by atoms with van der Waals surface area (Å²) in [6.07, 6.45) is 0. The molecule has 0 unspecified atom stereocenters. The zero-order chi connectivity index (χ0) is 9.97. The van der Waals surface area contributed by atoms with E-state index in [0.717, 1.165) is 11.3 Å². The summed E-state index contributed by atoms with van der Waals surface area (Å²) in [5.74, 6) is 0. The van der Waals surface area contributed by atoms with Crippen molar-refractivity contribution in [3.63, 3.8) is 0 Å². The average molecular weight is 201 g/mol. The van der Waals surface area contributed by atoms with Crippen LogP contribution in [0.4, 0.5) is 0 Å². The number of benzene rings is 1. The van der Waals surface area contributed by atoms with Gasteiger partial charge >= 0.3 is 0 Å². The van der Waals surface area contributed by atoms with Crippen LogP contribution < -0.4 is 0 Å². The van der Waals surface area contributed by atoms with E-state index in [9.17, 15) is 0 Å². The third kappa shape index (κ3) is 1.61. The highest BCUT2D eigenvalue weighted by molar-refractivity contribution is 7.11. The summed E-state index contributed by atoms with van der Waals surface area (Å²) in [6.45, 7) is 6.11. The van der Waals surface area contributed by atoms with E-state index < -0.39 is 0 Å². The number of thiazole rings is 1. The second kappa shape index (κ2) is 3.76. The molecule has 0 fully saturated rings. The average Bonchev–Trinajstić information content (AvgIpc) is 2.65. The first-order valence-corrected chi connectivity index (χ1v) is 5.32. The molecule has 0 saturated carbocycles. The number of nitrogens with zero attached hydrogens (tertiary/aromatic N) is 1. The molecule has 0 aliphatic heterocycles. The molecule has 0 amide bonds. The van der Waals surface area contributed by atoms with Gasteiger partial charge in [0.1, 0.15) is 0 Å². The maximum Gasteiger partial charge on any atom is 0.0801 e. The number of aromatic nitrogens is 1. The third-order valence-electron chi connectivity index (χ3n) is 2.14. The van der Waals surface area contributed by atoms with Crippen molar-refractivity contribution in [1.29, 1.82) is 0 Å². The largest absolute Gasteiger partial charge is 0.249 e. The number of aryl methyl sites for hydroxylation is 1. The van der Waals surface area contributed by atoms with Crippen LogP contribution in [0.15, 0.2) is 42.4 Å². The summed E-state index contributed by atoms with van der Waals surface area (Å²) in [7, 11) is 0. The van der Waals surface area contributed by atoms with Gasteiger partial charge in [0.05, 0.1) is 16.1 Å². The molecule has 1 heterocycles. The van der Waals surface area contributed by atoms with Crippen LogP contribution in [0.1, 0.15) is 16.1 Å². The molecule has 1 nitrogen and oxygen atoms in total. The molecule has 0 aliphatic carbocycles. The molecule has 1 aromatic carbocycles. The number of hydrogen-bond acceptors (Lipinski definition) is 2. The molecular weight excluding hydrogens is 190 g/mol. The third-order valence-corrected chi connectivity index (χ3v) is 3.13. The number of hydrogen-bond donors (Lipinski definition) is 0. The smallest absolute Gasteiger partial charge is 0.0801 e. The van der Waals surface area contributed by atoms with E-state index in [-0.39, 0.29) is 0 Å². The Kier molecular flexibility index (Phi) is 2.46. The van der Waals surface area contributed by atoms with Gasteiger partial charge in [0.25, 0.3) is 0 Å². The van der Waals surface area contributed by atoms with Gasteiger partial charge in [-0.3, -0.25) is 0 Å². The molecule has 0 aliphatic rings. The first kappa shape index (κ1) is 9.16. The van der Waals surface area contributed by atoms with Gasteiger partial charge in [0.15, 0.2) is 0 Å². The predicted octanol–water partition coefficient (Wildman–Crippen LogP) is 3.51. The number of rotatable bonds is 2. The van der Waals surface area contributed by atoms with Crippen molar-refractivity contribution in [2.24, 2.45) is 0 Å². The van der Waals surface area contributed by atoms with Crippen LogP contribution in [0.25, 0.3) is 5.57 Å². The standard InChI is InChI=1S/C12H11NS/c1-9(11-6-4-3-5-7-11)12-10(2)13-8-14-12/h3-8H,1H2,2H3. The van der Waals surface area contributed by atoms with Gasteiger partial charge in [-0.15, -0.1) is 11.3 Å². The minimum absolute atomic E-state index is 1.06. The first-order valence-electron chi connectivity index (χ1n) is 4.44. The fourth-order valence-corrected chi connectivity index (χ4v) is 2.16. The molecule has 0 radical (unpaired) electrons. The molecule has 2 aromatic rings. The van der Waals surface area contributed by atoms with Gasteiger partial charge in [-0.05, 0) is 18.1 Å². The van der Waals surface area contributed by atoms with Crippen LogP contribution in [0.3, 0.4) is 0 Å². The predicted molar refractivity (Wildman–Crippen MR) is 61.4 cm³/mol. The van der Waals surface area contributed by atoms with Crippen LogP contribution in [-0.4, -0.2) is 4.98 Å². The van der Waals surface area contributed by atoms with Gasteiger partial charge in [0, 0.05) is 0 Å². The van der Waals surface area contributed by atoms with E-state index in [1.807, 2.05) is 30.6 Å². The molecular formula is C12H11NS. The Balaban J connectivity index is 2.39. The molecule has 2 heteroatoms. The van der Waals surface area contributed by atoms with Gasteiger partial charge in [0.2, 0.25) is 0 Å². The molecule has 0 saturated heterocycles. The minimum atomic E-state index is 1.06. The molecule has 70 valence electrons. The topological polar surface area (TPSA) is 12.9 Å². The highest BCUT2D eigenvalue weighted by Crippen LogP contribution is 2.26. The summed E-state index contributed by atoms with van der Waals surface area (Å²) < 4.78 is 0. The summed E-state index contributed by atoms with van der Waals surface area (Å²) in [4.78, 5) is 5.40. The minimum Gasteiger partial charge on any atom is -0.249 e. The zero-order valence-corrected chi connectivity index (χ0v) is 8.84. The molecule has 0 atom stereocenters. The van der Waals surface area contributed by atoms with Crippen LogP contribution in [0, 0.1) is 6.92 Å². The van der Waals surface area contributed by atoms with E-state index in [1.165, 1.54) is 10.4 Å². The van der Waals surface area contributed by atoms with Crippen molar-refractivity contribution < 1.29 is 0 Å². The van der Waals surface area contributed by atoms with E-state index in [2.05, 4.69) is 23.7 Å². The molecule has 0 bridgehead atoms. The fourth-order valence-electron chi connectivity index (χ4n) is 1.36. The van der Waals surface area contributed by atoms with E-state index in [4.69, 9.17) is 0 Å². The second-order valence-electron chi connectivity index (χ2n) is 3.11. The Bertz CT molecular complexity index is 442. The summed E-state index contributed by atoms with van der Waals surface area (Å²) in [5.41, 5.74) is 5.15. The van der Waals surface area contributed by atoms with Crippen LogP contribution in [-0.2, 0) is 0 Å². The lowest BCUT2D eigenvalue weighted by Crippen LogP contribution is -1.84. The van der Waals surface area contributed by atoms with Crippen molar-refractivity contribution in [1.82, 2.24) is 4.98 Å². The Labute approximate surface area is 87.8 Å². The van der Waals surface area contributed by atoms with Gasteiger partial charge in [-0.25, -0.2) is 4.98 Å². The molecule has 0 spiro atoms. The maximum absolute atomic E-state index is 4.22. The zero-order valence-electron chi connectivity index (χ0n) is 8.03. The summed E-state index contributed by atoms with van der Waals surface area (Å²) in [6, 6.07) is 10.2. The molecule has 1 aromatic heterocycles. The quantitative estimate of drug-likeness (QED) is 0.724. The fraction of sp³-hybridized carbons (Fsp3) is 0.0833. The summed E-state index contributed by atoms with van der Waals surface area (Å²) in [5, 5.41) is 0. The normalized spacial score (nSPS) is 10.1. The molecule has 0 N–H and O–H groups in total. The van der Waals surface area contributed by atoms with Gasteiger partial charge in [-0.2, -0.15) is 0 Å². The monoisotopic (exact) mass is 201 g/mol. The highest BCUT2D eigenvalue weighted by Gasteiger charge is 2.06. The lowest BCUT2D eigenvalue weighted by Gasteiger charge is -2.03. The van der Waals surface area contributed by atoms with Crippen LogP contribution in [0.5, 0.6) is 0 Å². The lowest BCUT2D eigenvalue weighted by atomic mass is 10.1. The Morgan fingerprint density at radius 3 is 2.57 bits per heavy atom. The van der Waals surface area contributed by atoms with Crippen LogP contribution in [0.2, 0.25) is 0 Å². The second-order valence-corrected chi connectivity index (χ2v) is 3.97. The van der Waals surface area contributed by atoms with E-state index >= 15 is 0 Å². The van der Waals surface area contributed by atoms with Crippen molar-refractivity contribution in [2.45, 2.75) is 6.92 Å². The summed E-state index contributed by atoms with van der Waals surface area (Å²) >= 11 is 1.64. The van der Waals surface area contributed by atoms with E-state index in [0.29, 0.717) is 0 Å². The lowest BCUT2D eigenvalue weighted by molar-refractivity contribution is 1.25.